The van der Waals surface area contributed by atoms with Crippen molar-refractivity contribution in [1.29, 1.82) is 5.41 Å². The first-order chi connectivity index (χ1) is 5.34. The fourth-order valence-electron chi connectivity index (χ4n) is 1.04. The average molecular weight is 146 g/mol. The fraction of sp³-hybridized carbons (Fsp3) is 0.300. The largest absolute Gasteiger partial charge is 0.313 e. The van der Waals surface area contributed by atoms with Crippen LogP contribution in [0.25, 0.3) is 0 Å². The van der Waals surface area contributed by atoms with Crippen LogP contribution in [0.3, 0.4) is 0 Å². The zero-order chi connectivity index (χ0) is 8.10. The maximum Gasteiger partial charge on any atom is -0.00418 e. The van der Waals surface area contributed by atoms with Crippen LogP contribution >= 0.6 is 0 Å². The molecule has 0 fully saturated rings. The molecule has 1 aromatic carbocycles. The standard InChI is InChI=1S/C10H12N/c1-9(7-8-11)10-5-3-2-4-6-10/h3-6,8-9,11H,7H2,1H3/t9-/m1/s1. The van der Waals surface area contributed by atoms with Gasteiger partial charge in [-0.2, -0.15) is 0 Å². The van der Waals surface area contributed by atoms with Gasteiger partial charge in [0.2, 0.25) is 0 Å². The van der Waals surface area contributed by atoms with E-state index in [2.05, 4.69) is 13.0 Å². The lowest BCUT2D eigenvalue weighted by Gasteiger charge is -2.06. The second kappa shape index (κ2) is 3.91. The molecule has 0 bridgehead atoms. The highest BCUT2D eigenvalue weighted by atomic mass is 14.3. The van der Waals surface area contributed by atoms with Gasteiger partial charge in [0.25, 0.3) is 0 Å². The molecule has 1 aromatic rings. The average Bonchev–Trinajstić information content (AvgIpc) is 2.07. The first kappa shape index (κ1) is 7.99. The highest BCUT2D eigenvalue weighted by Crippen LogP contribution is 2.16. The van der Waals surface area contributed by atoms with E-state index in [1.807, 2.05) is 24.3 Å². The van der Waals surface area contributed by atoms with Crippen molar-refractivity contribution in [3.63, 3.8) is 0 Å². The van der Waals surface area contributed by atoms with E-state index < -0.39 is 0 Å². The van der Waals surface area contributed by atoms with Crippen molar-refractivity contribution >= 4 is 6.21 Å². The third-order valence-corrected chi connectivity index (χ3v) is 1.78. The Kier molecular flexibility index (Phi) is 2.84. The Hall–Kier alpha value is -1.11. The molecule has 0 aliphatic rings. The van der Waals surface area contributed by atoms with Crippen LogP contribution in [0.15, 0.2) is 24.3 Å². The lowest BCUT2D eigenvalue weighted by Crippen LogP contribution is -1.92. The predicted octanol–water partition coefficient (Wildman–Crippen LogP) is 2.63. The SMILES string of the molecule is C[C@H](CC=N)c1cc[c]cc1. The minimum absolute atomic E-state index is 0.460. The van der Waals surface area contributed by atoms with Crippen LogP contribution < -0.4 is 0 Å². The molecule has 11 heavy (non-hydrogen) atoms. The number of hydrogen-bond acceptors (Lipinski definition) is 1. The van der Waals surface area contributed by atoms with Crippen LogP contribution in [0.1, 0.15) is 24.8 Å². The highest BCUT2D eigenvalue weighted by molar-refractivity contribution is 5.54. The van der Waals surface area contributed by atoms with Crippen molar-refractivity contribution in [1.82, 2.24) is 0 Å². The topological polar surface area (TPSA) is 23.9 Å². The van der Waals surface area contributed by atoms with Gasteiger partial charge in [-0.1, -0.05) is 31.2 Å². The van der Waals surface area contributed by atoms with E-state index >= 15 is 0 Å². The third-order valence-electron chi connectivity index (χ3n) is 1.78. The normalized spacial score (nSPS) is 12.5. The molecular weight excluding hydrogens is 134 g/mol. The highest BCUT2D eigenvalue weighted by Gasteiger charge is 2.00. The van der Waals surface area contributed by atoms with E-state index in [4.69, 9.17) is 5.41 Å². The summed E-state index contributed by atoms with van der Waals surface area (Å²) in [5, 5.41) is 6.95. The summed E-state index contributed by atoms with van der Waals surface area (Å²) in [6.45, 7) is 2.13. The van der Waals surface area contributed by atoms with Crippen molar-refractivity contribution < 1.29 is 0 Å². The number of hydrogen-bond donors (Lipinski definition) is 1. The van der Waals surface area contributed by atoms with Gasteiger partial charge in [-0.05, 0) is 30.2 Å². The number of rotatable bonds is 3. The van der Waals surface area contributed by atoms with Crippen molar-refractivity contribution in [2.75, 3.05) is 0 Å². The maximum atomic E-state index is 6.95. The number of nitrogens with one attached hydrogen (secondary N) is 1. The Morgan fingerprint density at radius 3 is 2.73 bits per heavy atom. The monoisotopic (exact) mass is 146 g/mol. The molecule has 0 heterocycles. The van der Waals surface area contributed by atoms with Gasteiger partial charge < -0.3 is 5.41 Å². The smallest absolute Gasteiger partial charge is 0.00418 e. The van der Waals surface area contributed by atoms with Gasteiger partial charge in [-0.25, -0.2) is 0 Å². The van der Waals surface area contributed by atoms with Crippen molar-refractivity contribution in [2.45, 2.75) is 19.3 Å². The van der Waals surface area contributed by atoms with Crippen molar-refractivity contribution in [3.8, 4) is 0 Å². The summed E-state index contributed by atoms with van der Waals surface area (Å²) >= 11 is 0. The van der Waals surface area contributed by atoms with Gasteiger partial charge in [0.15, 0.2) is 0 Å². The van der Waals surface area contributed by atoms with E-state index in [1.165, 1.54) is 11.8 Å². The Morgan fingerprint density at radius 1 is 1.55 bits per heavy atom. The first-order valence-corrected chi connectivity index (χ1v) is 3.79. The van der Waals surface area contributed by atoms with Crippen LogP contribution in [-0.2, 0) is 0 Å². The van der Waals surface area contributed by atoms with Crippen LogP contribution in [0, 0.1) is 11.5 Å². The van der Waals surface area contributed by atoms with Gasteiger partial charge in [0.1, 0.15) is 0 Å². The summed E-state index contributed by atoms with van der Waals surface area (Å²) in [5.74, 6) is 0.460. The summed E-state index contributed by atoms with van der Waals surface area (Å²) in [6, 6.07) is 10.9. The molecule has 0 saturated heterocycles. The van der Waals surface area contributed by atoms with Crippen LogP contribution in [0.2, 0.25) is 0 Å². The van der Waals surface area contributed by atoms with E-state index in [0.29, 0.717) is 5.92 Å². The lowest BCUT2D eigenvalue weighted by atomic mass is 9.99. The third kappa shape index (κ3) is 2.19. The predicted molar refractivity (Wildman–Crippen MR) is 47.1 cm³/mol. The van der Waals surface area contributed by atoms with Crippen molar-refractivity contribution in [3.05, 3.63) is 35.9 Å². The van der Waals surface area contributed by atoms with E-state index in [-0.39, 0.29) is 0 Å². The molecule has 0 saturated carbocycles. The molecule has 1 N–H and O–H groups in total. The molecule has 0 aliphatic heterocycles. The van der Waals surface area contributed by atoms with Gasteiger partial charge >= 0.3 is 0 Å². The molecule has 1 radical (unpaired) electrons. The maximum absolute atomic E-state index is 6.95. The second-order valence-corrected chi connectivity index (χ2v) is 2.67. The van der Waals surface area contributed by atoms with Crippen molar-refractivity contribution in [2.24, 2.45) is 0 Å². The minimum atomic E-state index is 0.460. The summed E-state index contributed by atoms with van der Waals surface area (Å²) in [7, 11) is 0. The van der Waals surface area contributed by atoms with E-state index in [0.717, 1.165) is 6.42 Å². The van der Waals surface area contributed by atoms with Crippen LogP contribution in [-0.4, -0.2) is 6.21 Å². The van der Waals surface area contributed by atoms with Gasteiger partial charge in [0, 0.05) is 0 Å². The van der Waals surface area contributed by atoms with Gasteiger partial charge in [-0.3, -0.25) is 0 Å². The Bertz CT molecular complexity index is 216. The minimum Gasteiger partial charge on any atom is -0.313 e. The molecule has 1 rings (SSSR count). The second-order valence-electron chi connectivity index (χ2n) is 2.67. The molecular formula is C10H12N. The Morgan fingerprint density at radius 2 is 2.18 bits per heavy atom. The molecule has 1 heteroatoms. The van der Waals surface area contributed by atoms with Crippen LogP contribution in [0.4, 0.5) is 0 Å². The van der Waals surface area contributed by atoms with Gasteiger partial charge in [0.05, 0.1) is 0 Å². The zero-order valence-corrected chi connectivity index (χ0v) is 6.67. The van der Waals surface area contributed by atoms with Gasteiger partial charge in [-0.15, -0.1) is 0 Å². The van der Waals surface area contributed by atoms with Crippen LogP contribution in [0.5, 0.6) is 0 Å². The Labute approximate surface area is 67.6 Å². The Balaban J connectivity index is 2.68. The number of benzene rings is 1. The zero-order valence-electron chi connectivity index (χ0n) is 6.67. The summed E-state index contributed by atoms with van der Waals surface area (Å²) in [6.07, 6.45) is 2.28. The fourth-order valence-corrected chi connectivity index (χ4v) is 1.04. The summed E-state index contributed by atoms with van der Waals surface area (Å²) in [5.41, 5.74) is 1.28. The molecule has 57 valence electrons. The molecule has 0 aromatic heterocycles. The summed E-state index contributed by atoms with van der Waals surface area (Å²) < 4.78 is 0. The van der Waals surface area contributed by atoms with E-state index in [9.17, 15) is 0 Å². The molecule has 0 spiro atoms. The molecule has 0 aliphatic carbocycles. The molecule has 1 atom stereocenters. The summed E-state index contributed by atoms with van der Waals surface area (Å²) in [4.78, 5) is 0. The first-order valence-electron chi connectivity index (χ1n) is 3.79. The molecule has 0 unspecified atom stereocenters. The molecule has 0 amide bonds. The molecule has 1 nitrogen and oxygen atoms in total. The quantitative estimate of drug-likeness (QED) is 0.634. The van der Waals surface area contributed by atoms with E-state index in [1.54, 1.807) is 0 Å². The lowest BCUT2D eigenvalue weighted by molar-refractivity contribution is 0.811.